The van der Waals surface area contributed by atoms with Gasteiger partial charge < -0.3 is 15.0 Å². The summed E-state index contributed by atoms with van der Waals surface area (Å²) in [6.07, 6.45) is 2.59. The molecule has 0 spiro atoms. The Morgan fingerprint density at radius 1 is 1.21 bits per heavy atom. The van der Waals surface area contributed by atoms with E-state index in [0.717, 1.165) is 26.9 Å². The molecule has 0 aliphatic carbocycles. The van der Waals surface area contributed by atoms with Crippen molar-refractivity contribution < 1.29 is 9.53 Å². The maximum atomic E-state index is 12.4. The second-order valence-corrected chi connectivity index (χ2v) is 6.39. The zero-order valence-electron chi connectivity index (χ0n) is 15.3. The fraction of sp³-hybridized carbons (Fsp3) is 0.200. The maximum absolute atomic E-state index is 12.4. The molecule has 2 heterocycles. The SMILES string of the molecule is COc1ccc2c(CCNC(=O)Cn3nnc4ccccc4c3=O)c[nH]c2c1. The van der Waals surface area contributed by atoms with Crippen molar-refractivity contribution in [2.24, 2.45) is 0 Å². The predicted octanol–water partition coefficient (Wildman–Crippen LogP) is 1.64. The van der Waals surface area contributed by atoms with Gasteiger partial charge in [0.1, 0.15) is 17.8 Å². The average Bonchev–Trinajstić information content (AvgIpc) is 3.12. The summed E-state index contributed by atoms with van der Waals surface area (Å²) in [6.45, 7) is 0.287. The fourth-order valence-corrected chi connectivity index (χ4v) is 3.15. The third-order valence-electron chi connectivity index (χ3n) is 4.61. The number of ether oxygens (including phenoxy) is 1. The van der Waals surface area contributed by atoms with Crippen molar-refractivity contribution in [1.29, 1.82) is 0 Å². The van der Waals surface area contributed by atoms with E-state index in [1.807, 2.05) is 24.4 Å². The van der Waals surface area contributed by atoms with E-state index in [-0.39, 0.29) is 18.0 Å². The van der Waals surface area contributed by atoms with Gasteiger partial charge in [0.05, 0.1) is 12.5 Å². The Morgan fingerprint density at radius 3 is 2.93 bits per heavy atom. The van der Waals surface area contributed by atoms with Crippen molar-refractivity contribution in [2.75, 3.05) is 13.7 Å². The average molecular weight is 377 g/mol. The fourth-order valence-electron chi connectivity index (χ4n) is 3.15. The summed E-state index contributed by atoms with van der Waals surface area (Å²) in [7, 11) is 1.63. The lowest BCUT2D eigenvalue weighted by molar-refractivity contribution is -0.121. The second kappa shape index (κ2) is 7.51. The quantitative estimate of drug-likeness (QED) is 0.532. The first-order valence-corrected chi connectivity index (χ1v) is 8.89. The highest BCUT2D eigenvalue weighted by Gasteiger charge is 2.10. The summed E-state index contributed by atoms with van der Waals surface area (Å²) in [4.78, 5) is 27.8. The van der Waals surface area contributed by atoms with Crippen molar-refractivity contribution in [3.8, 4) is 5.75 Å². The van der Waals surface area contributed by atoms with E-state index in [2.05, 4.69) is 20.6 Å². The standard InChI is InChI=1S/C20H19N5O3/c1-28-14-6-7-15-13(11-22-18(15)10-14)8-9-21-19(26)12-25-20(27)16-4-2-3-5-17(16)23-24-25/h2-7,10-11,22H,8-9,12H2,1H3,(H,21,26). The summed E-state index contributed by atoms with van der Waals surface area (Å²) in [5, 5.41) is 12.2. The van der Waals surface area contributed by atoms with Gasteiger partial charge in [-0.05, 0) is 36.2 Å². The number of hydrogen-bond acceptors (Lipinski definition) is 5. The Balaban J connectivity index is 1.39. The smallest absolute Gasteiger partial charge is 0.278 e. The van der Waals surface area contributed by atoms with Gasteiger partial charge >= 0.3 is 0 Å². The third-order valence-corrected chi connectivity index (χ3v) is 4.61. The first-order valence-electron chi connectivity index (χ1n) is 8.89. The summed E-state index contributed by atoms with van der Waals surface area (Å²) in [5.74, 6) is 0.504. The van der Waals surface area contributed by atoms with Gasteiger partial charge in [0.2, 0.25) is 5.91 Å². The van der Waals surface area contributed by atoms with Gasteiger partial charge in [0.25, 0.3) is 5.56 Å². The highest BCUT2D eigenvalue weighted by Crippen LogP contribution is 2.23. The minimum atomic E-state index is -0.327. The van der Waals surface area contributed by atoms with E-state index in [1.54, 1.807) is 31.4 Å². The van der Waals surface area contributed by atoms with Gasteiger partial charge in [-0.25, -0.2) is 4.68 Å². The molecule has 2 aromatic heterocycles. The Hall–Kier alpha value is -3.68. The normalized spacial score (nSPS) is 11.0. The number of benzene rings is 2. The van der Waals surface area contributed by atoms with Crippen LogP contribution in [0.25, 0.3) is 21.8 Å². The van der Waals surface area contributed by atoms with Gasteiger partial charge in [0.15, 0.2) is 0 Å². The second-order valence-electron chi connectivity index (χ2n) is 6.39. The predicted molar refractivity (Wildman–Crippen MR) is 105 cm³/mol. The number of H-pyrrole nitrogens is 1. The molecule has 0 saturated heterocycles. The number of nitrogens with zero attached hydrogens (tertiary/aromatic N) is 3. The van der Waals surface area contributed by atoms with E-state index in [9.17, 15) is 9.59 Å². The van der Waals surface area contributed by atoms with Crippen LogP contribution >= 0.6 is 0 Å². The van der Waals surface area contributed by atoms with Crippen LogP contribution in [-0.4, -0.2) is 39.5 Å². The number of fused-ring (bicyclic) bond motifs is 2. The molecule has 142 valence electrons. The molecular formula is C20H19N5O3. The molecule has 0 aliphatic heterocycles. The van der Waals surface area contributed by atoms with Gasteiger partial charge in [-0.3, -0.25) is 9.59 Å². The lowest BCUT2D eigenvalue weighted by atomic mass is 10.1. The molecule has 0 fully saturated rings. The number of hydrogen-bond donors (Lipinski definition) is 2. The molecule has 4 aromatic rings. The molecule has 0 saturated carbocycles. The molecule has 0 bridgehead atoms. The number of carbonyl (C=O) groups excluding carboxylic acids is 1. The molecule has 28 heavy (non-hydrogen) atoms. The highest BCUT2D eigenvalue weighted by molar-refractivity contribution is 5.84. The van der Waals surface area contributed by atoms with Crippen LogP contribution in [0.4, 0.5) is 0 Å². The molecular weight excluding hydrogens is 358 g/mol. The van der Waals surface area contributed by atoms with Crippen LogP contribution in [0.5, 0.6) is 5.75 Å². The Labute approximate surface area is 160 Å². The maximum Gasteiger partial charge on any atom is 0.278 e. The number of aromatic amines is 1. The number of amides is 1. The van der Waals surface area contributed by atoms with E-state index >= 15 is 0 Å². The van der Waals surface area contributed by atoms with Gasteiger partial charge in [0, 0.05) is 29.7 Å². The van der Waals surface area contributed by atoms with Crippen LogP contribution in [0.3, 0.4) is 0 Å². The van der Waals surface area contributed by atoms with Crippen molar-refractivity contribution in [3.63, 3.8) is 0 Å². The van der Waals surface area contributed by atoms with Gasteiger partial charge in [-0.15, -0.1) is 5.10 Å². The van der Waals surface area contributed by atoms with Crippen molar-refractivity contribution >= 4 is 27.7 Å². The minimum absolute atomic E-state index is 0.165. The van der Waals surface area contributed by atoms with Gasteiger partial charge in [-0.2, -0.15) is 0 Å². The Kier molecular flexibility index (Phi) is 4.76. The van der Waals surface area contributed by atoms with E-state index in [0.29, 0.717) is 23.9 Å². The van der Waals surface area contributed by atoms with E-state index < -0.39 is 0 Å². The topological polar surface area (TPSA) is 102 Å². The van der Waals surface area contributed by atoms with Gasteiger partial charge in [-0.1, -0.05) is 17.3 Å². The van der Waals surface area contributed by atoms with Crippen LogP contribution in [0.1, 0.15) is 5.56 Å². The first kappa shape index (κ1) is 17.7. The molecule has 0 atom stereocenters. The van der Waals surface area contributed by atoms with Crippen LogP contribution in [0.2, 0.25) is 0 Å². The molecule has 8 nitrogen and oxygen atoms in total. The molecule has 0 radical (unpaired) electrons. The molecule has 1 amide bonds. The first-order chi connectivity index (χ1) is 13.7. The van der Waals surface area contributed by atoms with Crippen LogP contribution in [0, 0.1) is 0 Å². The molecule has 2 N–H and O–H groups in total. The molecule has 0 unspecified atom stereocenters. The minimum Gasteiger partial charge on any atom is -0.497 e. The van der Waals surface area contributed by atoms with Crippen molar-refractivity contribution in [3.05, 3.63) is 64.6 Å². The summed E-state index contributed by atoms with van der Waals surface area (Å²) < 4.78 is 6.30. The summed E-state index contributed by atoms with van der Waals surface area (Å²) in [5.41, 5.74) is 2.27. The number of carbonyl (C=O) groups is 1. The van der Waals surface area contributed by atoms with Crippen LogP contribution < -0.4 is 15.6 Å². The largest absolute Gasteiger partial charge is 0.497 e. The lowest BCUT2D eigenvalue weighted by Gasteiger charge is -2.07. The van der Waals surface area contributed by atoms with Crippen molar-refractivity contribution in [1.82, 2.24) is 25.3 Å². The number of rotatable bonds is 6. The lowest BCUT2D eigenvalue weighted by Crippen LogP contribution is -2.35. The van der Waals surface area contributed by atoms with E-state index in [1.165, 1.54) is 0 Å². The summed E-state index contributed by atoms with van der Waals surface area (Å²) in [6, 6.07) is 12.8. The molecule has 0 aliphatic rings. The zero-order valence-corrected chi connectivity index (χ0v) is 15.3. The van der Waals surface area contributed by atoms with E-state index in [4.69, 9.17) is 4.74 Å². The Bertz CT molecular complexity index is 1210. The molecule has 8 heteroatoms. The zero-order chi connectivity index (χ0) is 19.5. The van der Waals surface area contributed by atoms with Crippen LogP contribution in [0.15, 0.2) is 53.5 Å². The number of aromatic nitrogens is 4. The monoisotopic (exact) mass is 377 g/mol. The number of nitrogens with one attached hydrogen (secondary N) is 2. The molecule has 2 aromatic carbocycles. The number of methoxy groups -OCH3 is 1. The Morgan fingerprint density at radius 2 is 2.07 bits per heavy atom. The summed E-state index contributed by atoms with van der Waals surface area (Å²) >= 11 is 0. The third kappa shape index (κ3) is 3.44. The van der Waals surface area contributed by atoms with Crippen LogP contribution in [-0.2, 0) is 17.8 Å². The highest BCUT2D eigenvalue weighted by atomic mass is 16.5. The van der Waals surface area contributed by atoms with Crippen molar-refractivity contribution in [2.45, 2.75) is 13.0 Å². The molecule has 4 rings (SSSR count).